The molecule has 0 N–H and O–H groups in total. The average molecular weight is 368 g/mol. The van der Waals surface area contributed by atoms with Crippen molar-refractivity contribution in [3.8, 4) is 0 Å². The van der Waals surface area contributed by atoms with Gasteiger partial charge in [0.2, 0.25) is 5.04 Å². The molecule has 1 aliphatic carbocycles. The molecule has 2 nitrogen and oxygen atoms in total. The molecule has 1 aromatic carbocycles. The van der Waals surface area contributed by atoms with Gasteiger partial charge in [0.1, 0.15) is 7.05 Å². The third kappa shape index (κ3) is 3.05. The van der Waals surface area contributed by atoms with Crippen molar-refractivity contribution in [1.29, 1.82) is 0 Å². The van der Waals surface area contributed by atoms with Crippen molar-refractivity contribution in [3.05, 3.63) is 54.3 Å². The van der Waals surface area contributed by atoms with Crippen LogP contribution < -0.4 is 4.90 Å². The van der Waals surface area contributed by atoms with E-state index in [4.69, 9.17) is 0 Å². The third-order valence-corrected chi connectivity index (χ3v) is 7.65. The van der Waals surface area contributed by atoms with Crippen molar-refractivity contribution in [2.45, 2.75) is 44.4 Å². The molecule has 0 spiro atoms. The lowest BCUT2D eigenvalue weighted by molar-refractivity contribution is -0.485. The normalized spacial score (nSPS) is 27.6. The smallest absolute Gasteiger partial charge is 0.236 e. The number of nitrogens with zero attached hydrogens (tertiary/aromatic N) is 2. The minimum absolute atomic E-state index is 0.108. The van der Waals surface area contributed by atoms with Crippen molar-refractivity contribution >= 4 is 22.5 Å². The number of allylic oxidation sites excluding steroid dienone is 1. The van der Waals surface area contributed by atoms with Crippen LogP contribution in [0.4, 0.5) is 5.69 Å². The topological polar surface area (TPSA) is 6.25 Å². The summed E-state index contributed by atoms with van der Waals surface area (Å²) in [5.74, 6) is 2.10. The Balaban J connectivity index is 1.73. The molecule has 0 bridgehead atoms. The maximum absolute atomic E-state index is 4.23. The van der Waals surface area contributed by atoms with Gasteiger partial charge in [-0.25, -0.2) is 4.58 Å². The summed E-state index contributed by atoms with van der Waals surface area (Å²) in [7, 11) is 2.21. The molecule has 4 rings (SSSR count). The van der Waals surface area contributed by atoms with E-state index < -0.39 is 0 Å². The lowest BCUT2D eigenvalue weighted by Crippen LogP contribution is -2.29. The van der Waals surface area contributed by atoms with Crippen LogP contribution in [0.2, 0.25) is 0 Å². The Morgan fingerprint density at radius 3 is 2.77 bits per heavy atom. The number of fused-ring (bicyclic) bond motifs is 1. The number of para-hydroxylation sites is 1. The summed E-state index contributed by atoms with van der Waals surface area (Å²) >= 11 is 1.98. The molecule has 2 heterocycles. The largest absolute Gasteiger partial charge is 0.343 e. The highest BCUT2D eigenvalue weighted by Gasteiger charge is 2.42. The summed E-state index contributed by atoms with van der Waals surface area (Å²) in [6.07, 6.45) is 11.6. The molecule has 26 heavy (non-hydrogen) atoms. The fourth-order valence-electron chi connectivity index (χ4n) is 4.77. The summed E-state index contributed by atoms with van der Waals surface area (Å²) in [5.41, 5.74) is 4.08. The van der Waals surface area contributed by atoms with Gasteiger partial charge in [-0.2, -0.15) is 0 Å². The monoisotopic (exact) mass is 367 g/mol. The Morgan fingerprint density at radius 1 is 1.31 bits per heavy atom. The van der Waals surface area contributed by atoms with E-state index in [1.165, 1.54) is 59.8 Å². The first-order chi connectivity index (χ1) is 12.6. The number of hydrogen-bond donors (Lipinski definition) is 0. The highest BCUT2D eigenvalue weighted by Crippen LogP contribution is 2.49. The summed E-state index contributed by atoms with van der Waals surface area (Å²) in [5, 5.41) is 1.40. The predicted molar refractivity (Wildman–Crippen MR) is 115 cm³/mol. The quantitative estimate of drug-likeness (QED) is 0.521. The molecule has 3 aliphatic rings. The maximum Gasteiger partial charge on any atom is 0.236 e. The number of benzene rings is 1. The molecule has 1 atom stereocenters. The van der Waals surface area contributed by atoms with Gasteiger partial charge >= 0.3 is 0 Å². The molecule has 0 radical (unpaired) electrons. The molecular weight excluding hydrogens is 336 g/mol. The Morgan fingerprint density at radius 2 is 2.08 bits per heavy atom. The molecule has 138 valence electrons. The molecular formula is C23H31N2S+. The summed E-state index contributed by atoms with van der Waals surface area (Å²) in [6.45, 7) is 8.83. The Hall–Kier alpha value is -1.48. The first-order valence-electron chi connectivity index (χ1n) is 10.1. The zero-order chi connectivity index (χ0) is 18.1. The van der Waals surface area contributed by atoms with Crippen LogP contribution in [0.5, 0.6) is 0 Å². The SMILES string of the molecule is C=CC1(C)/C(=C\C2=[N+](C)CCS2)N(CCC2CCCC2)c2ccccc21. The second-order valence-corrected chi connectivity index (χ2v) is 9.27. The van der Waals surface area contributed by atoms with Crippen LogP contribution in [-0.2, 0) is 5.41 Å². The van der Waals surface area contributed by atoms with Gasteiger partial charge in [-0.15, -0.1) is 6.58 Å². The van der Waals surface area contributed by atoms with Crippen molar-refractivity contribution in [1.82, 2.24) is 0 Å². The van der Waals surface area contributed by atoms with E-state index in [2.05, 4.69) is 66.4 Å². The van der Waals surface area contributed by atoms with Crippen LogP contribution in [0.25, 0.3) is 0 Å². The van der Waals surface area contributed by atoms with Gasteiger partial charge in [-0.3, -0.25) is 0 Å². The second-order valence-electron chi connectivity index (χ2n) is 8.15. The molecule has 2 aliphatic heterocycles. The molecule has 1 aromatic rings. The van der Waals surface area contributed by atoms with Crippen molar-refractivity contribution in [3.63, 3.8) is 0 Å². The number of rotatable bonds is 5. The molecule has 1 unspecified atom stereocenters. The van der Waals surface area contributed by atoms with Crippen LogP contribution in [-0.4, -0.2) is 35.5 Å². The van der Waals surface area contributed by atoms with E-state index in [1.54, 1.807) is 0 Å². The van der Waals surface area contributed by atoms with Crippen LogP contribution in [0.3, 0.4) is 0 Å². The van der Waals surface area contributed by atoms with Gasteiger partial charge in [-0.05, 0) is 30.9 Å². The highest BCUT2D eigenvalue weighted by molar-refractivity contribution is 8.14. The molecule has 1 fully saturated rings. The molecule has 0 saturated heterocycles. The number of anilines is 1. The molecule has 1 saturated carbocycles. The average Bonchev–Trinajstić information content (AvgIpc) is 3.36. The van der Waals surface area contributed by atoms with Gasteiger partial charge < -0.3 is 4.90 Å². The van der Waals surface area contributed by atoms with Gasteiger partial charge in [0.25, 0.3) is 0 Å². The Kier molecular flexibility index (Phi) is 5.00. The van der Waals surface area contributed by atoms with E-state index >= 15 is 0 Å². The Bertz CT molecular complexity index is 757. The molecule has 0 aromatic heterocycles. The molecule has 0 amide bonds. The summed E-state index contributed by atoms with van der Waals surface area (Å²) in [4.78, 5) is 2.59. The van der Waals surface area contributed by atoms with Gasteiger partial charge in [-0.1, -0.05) is 61.7 Å². The van der Waals surface area contributed by atoms with E-state index in [1.807, 2.05) is 11.8 Å². The van der Waals surface area contributed by atoms with Gasteiger partial charge in [0.05, 0.1) is 11.2 Å². The minimum Gasteiger partial charge on any atom is -0.343 e. The fourth-order valence-corrected chi connectivity index (χ4v) is 5.85. The van der Waals surface area contributed by atoms with Crippen molar-refractivity contribution in [2.24, 2.45) is 5.92 Å². The van der Waals surface area contributed by atoms with Crippen molar-refractivity contribution < 1.29 is 4.58 Å². The van der Waals surface area contributed by atoms with E-state index in [-0.39, 0.29) is 5.41 Å². The van der Waals surface area contributed by atoms with Crippen molar-refractivity contribution in [2.75, 3.05) is 30.8 Å². The zero-order valence-electron chi connectivity index (χ0n) is 16.2. The fraction of sp³-hybridized carbons (Fsp3) is 0.522. The van der Waals surface area contributed by atoms with Gasteiger partial charge in [0.15, 0.2) is 6.54 Å². The van der Waals surface area contributed by atoms with Crippen LogP contribution >= 0.6 is 11.8 Å². The highest BCUT2D eigenvalue weighted by atomic mass is 32.2. The number of thioether (sulfide) groups is 1. The second kappa shape index (κ2) is 7.26. The van der Waals surface area contributed by atoms with Crippen LogP contribution in [0.1, 0.15) is 44.6 Å². The number of hydrogen-bond acceptors (Lipinski definition) is 2. The zero-order valence-corrected chi connectivity index (χ0v) is 17.0. The van der Waals surface area contributed by atoms with E-state index in [9.17, 15) is 0 Å². The van der Waals surface area contributed by atoms with E-state index in [0.29, 0.717) is 0 Å². The van der Waals surface area contributed by atoms with Crippen LogP contribution in [0.15, 0.2) is 48.7 Å². The predicted octanol–water partition coefficient (Wildman–Crippen LogP) is 5.20. The lowest BCUT2D eigenvalue weighted by atomic mass is 9.81. The van der Waals surface area contributed by atoms with Gasteiger partial charge in [0, 0.05) is 24.0 Å². The Labute approximate surface area is 162 Å². The minimum atomic E-state index is -0.108. The summed E-state index contributed by atoms with van der Waals surface area (Å²) < 4.78 is 2.39. The molecule has 3 heteroatoms. The lowest BCUT2D eigenvalue weighted by Gasteiger charge is -2.28. The maximum atomic E-state index is 4.23. The third-order valence-electron chi connectivity index (χ3n) is 6.53. The standard InChI is InChI=1S/C23H31N2S/c1-4-23(2)19-11-7-8-12-20(19)25(14-13-18-9-5-6-10-18)21(23)17-22-24(3)15-16-26-22/h4,7-8,11-12,17-18H,1,5-6,9-10,13-16H2,2-3H3/q+1. The first kappa shape index (κ1) is 17.9. The van der Waals surface area contributed by atoms with E-state index in [0.717, 1.165) is 19.0 Å². The first-order valence-corrected chi connectivity index (χ1v) is 11.1. The van der Waals surface area contributed by atoms with Crippen LogP contribution in [0, 0.1) is 5.92 Å². The summed E-state index contributed by atoms with van der Waals surface area (Å²) in [6, 6.07) is 8.93.